The Hall–Kier alpha value is -1.33. The Bertz CT molecular complexity index is 429. The van der Waals surface area contributed by atoms with Crippen molar-refractivity contribution in [2.75, 3.05) is 5.88 Å². The third-order valence-electron chi connectivity index (χ3n) is 2.75. The fourth-order valence-corrected chi connectivity index (χ4v) is 1.64. The summed E-state index contributed by atoms with van der Waals surface area (Å²) < 4.78 is 0. The van der Waals surface area contributed by atoms with Crippen LogP contribution in [0.2, 0.25) is 0 Å². The molecule has 104 valence electrons. The Morgan fingerprint density at radius 1 is 1.26 bits per heavy atom. The second-order valence-electron chi connectivity index (χ2n) is 4.53. The van der Waals surface area contributed by atoms with Crippen molar-refractivity contribution in [1.29, 1.82) is 5.26 Å². The molecule has 0 aliphatic rings. The van der Waals surface area contributed by atoms with Gasteiger partial charge in [-0.15, -0.1) is 11.6 Å². The van der Waals surface area contributed by atoms with Crippen LogP contribution in [0.1, 0.15) is 56.5 Å². The summed E-state index contributed by atoms with van der Waals surface area (Å²) in [7, 11) is 0. The smallest absolute Gasteiger partial charge is 0.162 e. The molecule has 1 aromatic rings. The Morgan fingerprint density at radius 2 is 1.79 bits per heavy atom. The number of Topliss-reactive ketones (excluding diaryl/α,β-unsaturated/α-hetero) is 1. The standard InChI is InChI=1S/C14H16ClNO.C2H6/c1-14(2,10-16)12-7-5-11(6-8-12)13(17)4-3-9-15;1-2/h5-8H,3-4,9H2,1-2H3;1-2H3. The highest BCUT2D eigenvalue weighted by molar-refractivity contribution is 6.18. The van der Waals surface area contributed by atoms with Gasteiger partial charge in [0.1, 0.15) is 0 Å². The molecule has 2 nitrogen and oxygen atoms in total. The zero-order valence-electron chi connectivity index (χ0n) is 12.2. The molecular formula is C16H22ClNO. The molecule has 0 aliphatic heterocycles. The summed E-state index contributed by atoms with van der Waals surface area (Å²) in [6.45, 7) is 7.72. The molecule has 0 spiro atoms. The Labute approximate surface area is 121 Å². The molecular weight excluding hydrogens is 258 g/mol. The lowest BCUT2D eigenvalue weighted by molar-refractivity contribution is 0.0982. The van der Waals surface area contributed by atoms with E-state index in [1.54, 1.807) is 12.1 Å². The van der Waals surface area contributed by atoms with Crippen LogP contribution in [0.5, 0.6) is 0 Å². The molecule has 0 heterocycles. The summed E-state index contributed by atoms with van der Waals surface area (Å²) in [5.74, 6) is 0.609. The number of benzene rings is 1. The minimum Gasteiger partial charge on any atom is -0.294 e. The number of ketones is 1. The third-order valence-corrected chi connectivity index (χ3v) is 3.01. The summed E-state index contributed by atoms with van der Waals surface area (Å²) in [5, 5.41) is 9.01. The molecule has 0 atom stereocenters. The van der Waals surface area contributed by atoms with Gasteiger partial charge in [0.2, 0.25) is 0 Å². The van der Waals surface area contributed by atoms with Crippen LogP contribution in [-0.2, 0) is 5.41 Å². The summed E-state index contributed by atoms with van der Waals surface area (Å²) in [4.78, 5) is 11.7. The number of rotatable bonds is 5. The highest BCUT2D eigenvalue weighted by Crippen LogP contribution is 2.22. The van der Waals surface area contributed by atoms with Crippen LogP contribution >= 0.6 is 11.6 Å². The number of alkyl halides is 1. The molecule has 3 heteroatoms. The van der Waals surface area contributed by atoms with Gasteiger partial charge in [0, 0.05) is 17.9 Å². The van der Waals surface area contributed by atoms with Crippen LogP contribution in [-0.4, -0.2) is 11.7 Å². The first kappa shape index (κ1) is 17.7. The molecule has 0 saturated carbocycles. The van der Waals surface area contributed by atoms with E-state index in [2.05, 4.69) is 6.07 Å². The summed E-state index contributed by atoms with van der Waals surface area (Å²) >= 11 is 5.55. The van der Waals surface area contributed by atoms with Gasteiger partial charge in [-0.3, -0.25) is 4.79 Å². The molecule has 0 radical (unpaired) electrons. The molecule has 19 heavy (non-hydrogen) atoms. The quantitative estimate of drug-likeness (QED) is 0.578. The largest absolute Gasteiger partial charge is 0.294 e. The van der Waals surface area contributed by atoms with Crippen LogP contribution in [0, 0.1) is 11.3 Å². The van der Waals surface area contributed by atoms with E-state index in [0.29, 0.717) is 24.3 Å². The summed E-state index contributed by atoms with van der Waals surface area (Å²) in [5.41, 5.74) is 1.10. The van der Waals surface area contributed by atoms with Crippen LogP contribution in [0.4, 0.5) is 0 Å². The van der Waals surface area contributed by atoms with E-state index < -0.39 is 5.41 Å². The molecule has 0 aromatic heterocycles. The number of hydrogen-bond donors (Lipinski definition) is 0. The first-order valence-electron chi connectivity index (χ1n) is 6.62. The molecule has 0 saturated heterocycles. The van der Waals surface area contributed by atoms with E-state index in [9.17, 15) is 4.79 Å². The Kier molecular flexibility index (Phi) is 8.11. The van der Waals surface area contributed by atoms with E-state index in [1.807, 2.05) is 39.8 Å². The van der Waals surface area contributed by atoms with E-state index in [-0.39, 0.29) is 5.78 Å². The van der Waals surface area contributed by atoms with Crippen molar-refractivity contribution in [3.63, 3.8) is 0 Å². The monoisotopic (exact) mass is 279 g/mol. The predicted molar refractivity (Wildman–Crippen MR) is 80.7 cm³/mol. The van der Waals surface area contributed by atoms with Gasteiger partial charge in [0.05, 0.1) is 11.5 Å². The maximum absolute atomic E-state index is 11.7. The average Bonchev–Trinajstić information content (AvgIpc) is 2.47. The average molecular weight is 280 g/mol. The minimum absolute atomic E-state index is 0.104. The van der Waals surface area contributed by atoms with Crippen molar-refractivity contribution in [3.8, 4) is 6.07 Å². The minimum atomic E-state index is -0.516. The lowest BCUT2D eigenvalue weighted by Crippen LogP contribution is -2.13. The molecule has 0 unspecified atom stereocenters. The second-order valence-corrected chi connectivity index (χ2v) is 4.91. The van der Waals surface area contributed by atoms with Gasteiger partial charge in [-0.1, -0.05) is 38.1 Å². The van der Waals surface area contributed by atoms with Crippen molar-refractivity contribution in [3.05, 3.63) is 35.4 Å². The van der Waals surface area contributed by atoms with Gasteiger partial charge >= 0.3 is 0 Å². The number of nitriles is 1. The first-order chi connectivity index (χ1) is 9.01. The topological polar surface area (TPSA) is 40.9 Å². The molecule has 1 aromatic carbocycles. The SMILES string of the molecule is CC.CC(C)(C#N)c1ccc(C(=O)CCCCl)cc1. The Balaban J connectivity index is 0.00000154. The second kappa shape index (κ2) is 8.72. The normalized spacial score (nSPS) is 10.1. The highest BCUT2D eigenvalue weighted by atomic mass is 35.5. The molecule has 0 N–H and O–H groups in total. The van der Waals surface area contributed by atoms with Crippen molar-refractivity contribution in [2.24, 2.45) is 0 Å². The maximum atomic E-state index is 11.7. The van der Waals surface area contributed by atoms with E-state index in [0.717, 1.165) is 5.56 Å². The van der Waals surface area contributed by atoms with Crippen LogP contribution < -0.4 is 0 Å². The number of nitrogens with zero attached hydrogens (tertiary/aromatic N) is 1. The predicted octanol–water partition coefficient (Wildman–Crippen LogP) is 4.72. The molecule has 0 fully saturated rings. The maximum Gasteiger partial charge on any atom is 0.162 e. The number of carbonyl (C=O) groups is 1. The lowest BCUT2D eigenvalue weighted by atomic mass is 9.86. The van der Waals surface area contributed by atoms with Crippen LogP contribution in [0.25, 0.3) is 0 Å². The van der Waals surface area contributed by atoms with Crippen molar-refractivity contribution < 1.29 is 4.79 Å². The molecule has 0 bridgehead atoms. The highest BCUT2D eigenvalue weighted by Gasteiger charge is 2.19. The number of hydrogen-bond acceptors (Lipinski definition) is 2. The zero-order valence-corrected chi connectivity index (χ0v) is 12.9. The summed E-state index contributed by atoms with van der Waals surface area (Å²) in [6.07, 6.45) is 1.18. The fourth-order valence-electron chi connectivity index (χ4n) is 1.51. The van der Waals surface area contributed by atoms with Gasteiger partial charge < -0.3 is 0 Å². The van der Waals surface area contributed by atoms with Gasteiger partial charge in [0.25, 0.3) is 0 Å². The molecule has 0 amide bonds. The molecule has 1 rings (SSSR count). The zero-order chi connectivity index (χ0) is 14.9. The van der Waals surface area contributed by atoms with Gasteiger partial charge in [-0.05, 0) is 25.8 Å². The van der Waals surface area contributed by atoms with Crippen LogP contribution in [0.15, 0.2) is 24.3 Å². The molecule has 0 aliphatic carbocycles. The Morgan fingerprint density at radius 3 is 2.21 bits per heavy atom. The van der Waals surface area contributed by atoms with Gasteiger partial charge in [0.15, 0.2) is 5.78 Å². The first-order valence-corrected chi connectivity index (χ1v) is 7.15. The van der Waals surface area contributed by atoms with E-state index in [1.165, 1.54) is 0 Å². The number of carbonyl (C=O) groups excluding carboxylic acids is 1. The van der Waals surface area contributed by atoms with E-state index in [4.69, 9.17) is 16.9 Å². The lowest BCUT2D eigenvalue weighted by Gasteiger charge is -2.15. The van der Waals surface area contributed by atoms with Crippen molar-refractivity contribution in [2.45, 2.75) is 46.0 Å². The third kappa shape index (κ3) is 5.44. The van der Waals surface area contributed by atoms with Gasteiger partial charge in [-0.2, -0.15) is 5.26 Å². The number of halogens is 1. The van der Waals surface area contributed by atoms with E-state index >= 15 is 0 Å². The summed E-state index contributed by atoms with van der Waals surface area (Å²) in [6, 6.07) is 9.49. The van der Waals surface area contributed by atoms with Crippen molar-refractivity contribution >= 4 is 17.4 Å². The van der Waals surface area contributed by atoms with Crippen molar-refractivity contribution in [1.82, 2.24) is 0 Å². The van der Waals surface area contributed by atoms with Gasteiger partial charge in [-0.25, -0.2) is 0 Å². The fraction of sp³-hybridized carbons (Fsp3) is 0.500. The van der Waals surface area contributed by atoms with Crippen LogP contribution in [0.3, 0.4) is 0 Å².